The summed E-state index contributed by atoms with van der Waals surface area (Å²) >= 11 is 0. The second kappa shape index (κ2) is 7.19. The maximum atomic E-state index is 11.0. The molecule has 1 aliphatic rings. The van der Waals surface area contributed by atoms with Crippen LogP contribution in [0.25, 0.3) is 0 Å². The predicted molar refractivity (Wildman–Crippen MR) is 48.2 cm³/mol. The Morgan fingerprint density at radius 3 is 1.53 bits per heavy atom. The van der Waals surface area contributed by atoms with Crippen LogP contribution in [0.4, 0.5) is 0 Å². The van der Waals surface area contributed by atoms with Gasteiger partial charge in [-0.1, -0.05) is 0 Å². The van der Waals surface area contributed by atoms with Gasteiger partial charge in [-0.15, -0.1) is 0 Å². The molecule has 1 aliphatic heterocycles. The van der Waals surface area contributed by atoms with Crippen molar-refractivity contribution in [1.29, 1.82) is 0 Å². The molecular formula is C9H14O6. The third kappa shape index (κ3) is 6.03. The summed E-state index contributed by atoms with van der Waals surface area (Å²) in [5.41, 5.74) is 0. The van der Waals surface area contributed by atoms with Gasteiger partial charge < -0.3 is 18.9 Å². The molecular weight excluding hydrogens is 204 g/mol. The van der Waals surface area contributed by atoms with E-state index in [1.165, 1.54) is 0 Å². The highest BCUT2D eigenvalue weighted by atomic mass is 16.6. The molecule has 0 aromatic heterocycles. The Hall–Kier alpha value is -1.14. The van der Waals surface area contributed by atoms with Crippen molar-refractivity contribution in [3.05, 3.63) is 0 Å². The van der Waals surface area contributed by atoms with Crippen LogP contribution in [0.5, 0.6) is 0 Å². The molecule has 0 unspecified atom stereocenters. The molecule has 0 aromatic rings. The Morgan fingerprint density at radius 2 is 1.07 bits per heavy atom. The van der Waals surface area contributed by atoms with E-state index in [0.29, 0.717) is 26.4 Å². The van der Waals surface area contributed by atoms with E-state index in [1.54, 1.807) is 0 Å². The number of carbonyl (C=O) groups excluding carboxylic acids is 2. The standard InChI is InChI=1S/C9H14O6/c10-8-7-9(11)15-6-4-13-2-1-12-3-5-14-8/h1-7H2. The highest BCUT2D eigenvalue weighted by Gasteiger charge is 2.12. The average Bonchev–Trinajstić information content (AvgIpc) is 2.21. The zero-order valence-electron chi connectivity index (χ0n) is 8.40. The molecule has 6 heteroatoms. The Kier molecular flexibility index (Phi) is 5.72. The van der Waals surface area contributed by atoms with Gasteiger partial charge in [0.1, 0.15) is 19.6 Å². The Labute approximate surface area is 87.4 Å². The summed E-state index contributed by atoms with van der Waals surface area (Å²) in [6, 6.07) is 0. The van der Waals surface area contributed by atoms with E-state index in [1.807, 2.05) is 0 Å². The Morgan fingerprint density at radius 1 is 0.667 bits per heavy atom. The van der Waals surface area contributed by atoms with E-state index in [2.05, 4.69) is 0 Å². The summed E-state index contributed by atoms with van der Waals surface area (Å²) in [5.74, 6) is -1.19. The van der Waals surface area contributed by atoms with Gasteiger partial charge in [0.2, 0.25) is 0 Å². The zero-order valence-corrected chi connectivity index (χ0v) is 8.40. The molecule has 1 saturated heterocycles. The van der Waals surface area contributed by atoms with Crippen molar-refractivity contribution < 1.29 is 28.5 Å². The third-order valence-corrected chi connectivity index (χ3v) is 1.64. The van der Waals surface area contributed by atoms with Gasteiger partial charge in [0.25, 0.3) is 0 Å². The van der Waals surface area contributed by atoms with Crippen LogP contribution in [0.1, 0.15) is 6.42 Å². The fourth-order valence-corrected chi connectivity index (χ4v) is 0.971. The summed E-state index contributed by atoms with van der Waals surface area (Å²) in [4.78, 5) is 22.0. The van der Waals surface area contributed by atoms with Crippen molar-refractivity contribution in [2.45, 2.75) is 6.42 Å². The van der Waals surface area contributed by atoms with Gasteiger partial charge in [-0.2, -0.15) is 0 Å². The monoisotopic (exact) mass is 218 g/mol. The molecule has 0 aromatic carbocycles. The van der Waals surface area contributed by atoms with Crippen molar-refractivity contribution >= 4 is 11.9 Å². The largest absolute Gasteiger partial charge is 0.463 e. The van der Waals surface area contributed by atoms with E-state index in [-0.39, 0.29) is 19.6 Å². The average molecular weight is 218 g/mol. The van der Waals surface area contributed by atoms with Gasteiger partial charge in [0, 0.05) is 0 Å². The highest BCUT2D eigenvalue weighted by Crippen LogP contribution is 1.93. The van der Waals surface area contributed by atoms with Crippen LogP contribution >= 0.6 is 0 Å². The smallest absolute Gasteiger partial charge is 0.317 e. The number of esters is 2. The van der Waals surface area contributed by atoms with Gasteiger partial charge in [-0.05, 0) is 0 Å². The van der Waals surface area contributed by atoms with Crippen molar-refractivity contribution in [2.24, 2.45) is 0 Å². The molecule has 1 heterocycles. The van der Waals surface area contributed by atoms with Gasteiger partial charge >= 0.3 is 11.9 Å². The molecule has 0 radical (unpaired) electrons. The van der Waals surface area contributed by atoms with Crippen LogP contribution in [0.3, 0.4) is 0 Å². The van der Waals surface area contributed by atoms with E-state index < -0.39 is 11.9 Å². The van der Waals surface area contributed by atoms with Gasteiger partial charge in [-0.3, -0.25) is 9.59 Å². The fourth-order valence-electron chi connectivity index (χ4n) is 0.971. The van der Waals surface area contributed by atoms with Crippen LogP contribution in [-0.2, 0) is 28.5 Å². The maximum Gasteiger partial charge on any atom is 0.317 e. The predicted octanol–water partition coefficient (Wildman–Crippen LogP) is -0.490. The Bertz CT molecular complexity index is 193. The molecule has 1 rings (SSSR count). The first-order valence-corrected chi connectivity index (χ1v) is 4.76. The Balaban J connectivity index is 2.29. The third-order valence-electron chi connectivity index (χ3n) is 1.64. The number of rotatable bonds is 0. The van der Waals surface area contributed by atoms with E-state index in [0.717, 1.165) is 0 Å². The second-order valence-corrected chi connectivity index (χ2v) is 2.84. The quantitative estimate of drug-likeness (QED) is 0.403. The van der Waals surface area contributed by atoms with Gasteiger partial charge in [0.15, 0.2) is 0 Å². The molecule has 0 saturated carbocycles. The van der Waals surface area contributed by atoms with Crippen LogP contribution in [0, 0.1) is 0 Å². The number of hydrogen-bond donors (Lipinski definition) is 0. The zero-order chi connectivity index (χ0) is 10.9. The van der Waals surface area contributed by atoms with Crippen molar-refractivity contribution in [3.63, 3.8) is 0 Å². The lowest BCUT2D eigenvalue weighted by atomic mass is 10.4. The van der Waals surface area contributed by atoms with E-state index in [4.69, 9.17) is 18.9 Å². The van der Waals surface area contributed by atoms with Crippen LogP contribution < -0.4 is 0 Å². The van der Waals surface area contributed by atoms with Gasteiger partial charge in [-0.25, -0.2) is 0 Å². The molecule has 0 amide bonds. The molecule has 0 N–H and O–H groups in total. The summed E-state index contributed by atoms with van der Waals surface area (Å²) in [5, 5.41) is 0. The van der Waals surface area contributed by atoms with Crippen molar-refractivity contribution in [3.8, 4) is 0 Å². The van der Waals surface area contributed by atoms with Crippen LogP contribution in [0.15, 0.2) is 0 Å². The van der Waals surface area contributed by atoms with E-state index in [9.17, 15) is 9.59 Å². The number of ether oxygens (including phenoxy) is 4. The number of hydrogen-bond acceptors (Lipinski definition) is 6. The molecule has 15 heavy (non-hydrogen) atoms. The molecule has 86 valence electrons. The first-order valence-electron chi connectivity index (χ1n) is 4.76. The first-order chi connectivity index (χ1) is 7.29. The second-order valence-electron chi connectivity index (χ2n) is 2.84. The maximum absolute atomic E-state index is 11.0. The topological polar surface area (TPSA) is 71.1 Å². The molecule has 0 atom stereocenters. The minimum Gasteiger partial charge on any atom is -0.463 e. The lowest BCUT2D eigenvalue weighted by molar-refractivity contribution is -0.155. The summed E-state index contributed by atoms with van der Waals surface area (Å²) < 4.78 is 19.6. The van der Waals surface area contributed by atoms with Gasteiger partial charge in [0.05, 0.1) is 26.4 Å². The molecule has 0 aliphatic carbocycles. The SMILES string of the molecule is O=C1CC(=O)OCCOCCOCCO1. The van der Waals surface area contributed by atoms with Crippen LogP contribution in [0.2, 0.25) is 0 Å². The van der Waals surface area contributed by atoms with Crippen molar-refractivity contribution in [2.75, 3.05) is 39.6 Å². The normalized spacial score (nSPS) is 21.6. The molecule has 6 nitrogen and oxygen atoms in total. The van der Waals surface area contributed by atoms with E-state index >= 15 is 0 Å². The molecule has 0 spiro atoms. The summed E-state index contributed by atoms with van der Waals surface area (Å²) in [6.07, 6.45) is -0.361. The number of carbonyl (C=O) groups is 2. The summed E-state index contributed by atoms with van der Waals surface area (Å²) in [7, 11) is 0. The highest BCUT2D eigenvalue weighted by molar-refractivity contribution is 5.91. The first kappa shape index (κ1) is 11.9. The van der Waals surface area contributed by atoms with Crippen LogP contribution in [-0.4, -0.2) is 51.6 Å². The molecule has 1 fully saturated rings. The number of cyclic esters (lactones) is 2. The lowest BCUT2D eigenvalue weighted by Crippen LogP contribution is -2.16. The lowest BCUT2D eigenvalue weighted by Gasteiger charge is -2.04. The minimum absolute atomic E-state index is 0.145. The minimum atomic E-state index is -0.594. The fraction of sp³-hybridized carbons (Fsp3) is 0.778. The van der Waals surface area contributed by atoms with Crippen molar-refractivity contribution in [1.82, 2.24) is 0 Å². The molecule has 0 bridgehead atoms. The summed E-state index contributed by atoms with van der Waals surface area (Å²) in [6.45, 7) is 1.78.